The number of fused-ring (bicyclic) bond motifs is 1. The van der Waals surface area contributed by atoms with Gasteiger partial charge in [0.1, 0.15) is 24.7 Å². The topological polar surface area (TPSA) is 77.1 Å². The van der Waals surface area contributed by atoms with Crippen LogP contribution in [0.1, 0.15) is 16.7 Å². The Morgan fingerprint density at radius 1 is 0.912 bits per heavy atom. The zero-order chi connectivity index (χ0) is 23.7. The number of benzene rings is 3. The lowest BCUT2D eigenvalue weighted by atomic mass is 10.0. The van der Waals surface area contributed by atoms with Crippen LogP contribution in [0.25, 0.3) is 5.57 Å². The normalized spacial score (nSPS) is 15.1. The summed E-state index contributed by atoms with van der Waals surface area (Å²) < 4.78 is 16.8. The first kappa shape index (κ1) is 21.6. The van der Waals surface area contributed by atoms with Gasteiger partial charge in [0.15, 0.2) is 11.5 Å². The van der Waals surface area contributed by atoms with Gasteiger partial charge in [0, 0.05) is 17.3 Å². The molecule has 7 heteroatoms. The van der Waals surface area contributed by atoms with Crippen LogP contribution in [0, 0.1) is 6.92 Å². The molecular formula is C27H24N2O5. The minimum atomic E-state index is -0.402. The van der Waals surface area contributed by atoms with E-state index in [-0.39, 0.29) is 23.7 Å². The highest BCUT2D eigenvalue weighted by atomic mass is 16.6. The van der Waals surface area contributed by atoms with Crippen molar-refractivity contribution in [2.75, 3.05) is 25.6 Å². The molecule has 5 rings (SSSR count). The Balaban J connectivity index is 1.55. The number of ether oxygens (including phenoxy) is 3. The summed E-state index contributed by atoms with van der Waals surface area (Å²) in [6.07, 6.45) is 0. The van der Waals surface area contributed by atoms with Crippen molar-refractivity contribution >= 4 is 23.1 Å². The second-order valence-corrected chi connectivity index (χ2v) is 8.12. The zero-order valence-corrected chi connectivity index (χ0v) is 19.0. The van der Waals surface area contributed by atoms with Gasteiger partial charge in [-0.3, -0.25) is 14.5 Å². The van der Waals surface area contributed by atoms with Gasteiger partial charge in [-0.15, -0.1) is 0 Å². The average Bonchev–Trinajstić information content (AvgIpc) is 3.09. The minimum absolute atomic E-state index is 0.170. The van der Waals surface area contributed by atoms with E-state index in [0.29, 0.717) is 41.7 Å². The van der Waals surface area contributed by atoms with E-state index in [1.54, 1.807) is 37.4 Å². The van der Waals surface area contributed by atoms with Crippen LogP contribution in [0.2, 0.25) is 0 Å². The maximum absolute atomic E-state index is 13.6. The van der Waals surface area contributed by atoms with Crippen LogP contribution in [0.15, 0.2) is 72.4 Å². The zero-order valence-electron chi connectivity index (χ0n) is 19.0. The Morgan fingerprint density at radius 2 is 1.65 bits per heavy atom. The monoisotopic (exact) mass is 456 g/mol. The second-order valence-electron chi connectivity index (χ2n) is 8.12. The average molecular weight is 456 g/mol. The fourth-order valence-corrected chi connectivity index (χ4v) is 4.08. The lowest BCUT2D eigenvalue weighted by Gasteiger charge is -2.19. The number of nitrogens with zero attached hydrogens (tertiary/aromatic N) is 1. The van der Waals surface area contributed by atoms with Crippen LogP contribution < -0.4 is 19.5 Å². The van der Waals surface area contributed by atoms with Crippen LogP contribution in [0.4, 0.5) is 5.69 Å². The largest absolute Gasteiger partial charge is 0.496 e. The molecule has 172 valence electrons. The molecule has 3 aromatic carbocycles. The first-order chi connectivity index (χ1) is 16.5. The van der Waals surface area contributed by atoms with Crippen LogP contribution in [0.3, 0.4) is 0 Å². The van der Waals surface area contributed by atoms with E-state index >= 15 is 0 Å². The minimum Gasteiger partial charge on any atom is -0.496 e. The summed E-state index contributed by atoms with van der Waals surface area (Å²) in [5.41, 5.74) is 3.60. The lowest BCUT2D eigenvalue weighted by Crippen LogP contribution is -2.32. The number of carbonyl (C=O) groups excluding carboxylic acids is 2. The molecule has 1 N–H and O–H groups in total. The van der Waals surface area contributed by atoms with E-state index in [9.17, 15) is 9.59 Å². The summed E-state index contributed by atoms with van der Waals surface area (Å²) in [7, 11) is 1.54. The summed E-state index contributed by atoms with van der Waals surface area (Å²) >= 11 is 0. The van der Waals surface area contributed by atoms with Gasteiger partial charge < -0.3 is 19.5 Å². The van der Waals surface area contributed by atoms with E-state index in [4.69, 9.17) is 14.2 Å². The van der Waals surface area contributed by atoms with Crippen molar-refractivity contribution in [3.63, 3.8) is 0 Å². The molecule has 2 heterocycles. The molecule has 2 aliphatic heterocycles. The summed E-state index contributed by atoms with van der Waals surface area (Å²) in [5, 5.41) is 3.17. The van der Waals surface area contributed by atoms with Crippen molar-refractivity contribution in [1.29, 1.82) is 0 Å². The molecule has 0 spiro atoms. The number of hydrogen-bond acceptors (Lipinski definition) is 6. The third-order valence-electron chi connectivity index (χ3n) is 5.82. The molecule has 0 aliphatic carbocycles. The number of rotatable bonds is 6. The Kier molecular flexibility index (Phi) is 5.67. The van der Waals surface area contributed by atoms with Crippen molar-refractivity contribution in [3.8, 4) is 17.2 Å². The molecule has 0 saturated heterocycles. The maximum atomic E-state index is 13.6. The van der Waals surface area contributed by atoms with Crippen molar-refractivity contribution in [3.05, 3.63) is 89.1 Å². The van der Waals surface area contributed by atoms with Gasteiger partial charge in [-0.05, 0) is 30.7 Å². The van der Waals surface area contributed by atoms with E-state index in [1.165, 1.54) is 4.90 Å². The van der Waals surface area contributed by atoms with Crippen molar-refractivity contribution in [2.45, 2.75) is 13.5 Å². The molecular weight excluding hydrogens is 432 g/mol. The second kappa shape index (κ2) is 8.94. The SMILES string of the molecule is COc1ccccc1C1=C(Nc2ccc3c(c2)OCCO3)C(=O)N(Cc2ccc(C)cc2)C1=O. The van der Waals surface area contributed by atoms with Crippen LogP contribution in [0.5, 0.6) is 17.2 Å². The highest BCUT2D eigenvalue weighted by Gasteiger charge is 2.40. The number of methoxy groups -OCH3 is 1. The Bertz CT molecular complexity index is 1300. The molecule has 2 amide bonds. The van der Waals surface area contributed by atoms with E-state index in [1.807, 2.05) is 43.3 Å². The predicted molar refractivity (Wildman–Crippen MR) is 128 cm³/mol. The van der Waals surface area contributed by atoms with Gasteiger partial charge in [0.25, 0.3) is 11.8 Å². The number of para-hydroxylation sites is 1. The smallest absolute Gasteiger partial charge is 0.278 e. The van der Waals surface area contributed by atoms with E-state index < -0.39 is 5.91 Å². The molecule has 0 saturated carbocycles. The van der Waals surface area contributed by atoms with Gasteiger partial charge in [-0.1, -0.05) is 48.0 Å². The Hall–Kier alpha value is -4.26. The number of amides is 2. The molecule has 7 nitrogen and oxygen atoms in total. The van der Waals surface area contributed by atoms with Crippen molar-refractivity contribution in [1.82, 2.24) is 4.90 Å². The third-order valence-corrected chi connectivity index (χ3v) is 5.82. The highest BCUT2D eigenvalue weighted by molar-refractivity contribution is 6.36. The maximum Gasteiger partial charge on any atom is 0.278 e. The van der Waals surface area contributed by atoms with Crippen LogP contribution >= 0.6 is 0 Å². The molecule has 3 aromatic rings. The number of nitrogens with one attached hydrogen (secondary N) is 1. The van der Waals surface area contributed by atoms with E-state index in [2.05, 4.69) is 5.32 Å². The van der Waals surface area contributed by atoms with E-state index in [0.717, 1.165) is 11.1 Å². The number of carbonyl (C=O) groups is 2. The third kappa shape index (κ3) is 3.96. The summed E-state index contributed by atoms with van der Waals surface area (Å²) in [6.45, 7) is 3.10. The van der Waals surface area contributed by atoms with Gasteiger partial charge in [-0.2, -0.15) is 0 Å². The quantitative estimate of drug-likeness (QED) is 0.561. The van der Waals surface area contributed by atoms with Gasteiger partial charge in [-0.25, -0.2) is 0 Å². The summed E-state index contributed by atoms with van der Waals surface area (Å²) in [5.74, 6) is 0.961. The predicted octanol–water partition coefficient (Wildman–Crippen LogP) is 4.17. The van der Waals surface area contributed by atoms with Crippen LogP contribution in [-0.4, -0.2) is 37.0 Å². The van der Waals surface area contributed by atoms with Crippen LogP contribution in [-0.2, 0) is 16.1 Å². The van der Waals surface area contributed by atoms with Gasteiger partial charge in [0.05, 0.1) is 19.2 Å². The molecule has 0 unspecified atom stereocenters. The fourth-order valence-electron chi connectivity index (χ4n) is 4.08. The molecule has 0 fully saturated rings. The Labute approximate surface area is 197 Å². The van der Waals surface area contributed by atoms with Gasteiger partial charge in [0.2, 0.25) is 0 Å². The standard InChI is InChI=1S/C27H24N2O5/c1-17-7-9-18(10-8-17)16-29-26(30)24(20-5-3-4-6-21(20)32-2)25(27(29)31)28-19-11-12-22-23(15-19)34-14-13-33-22/h3-12,15,28H,13-14,16H2,1-2H3. The molecule has 0 aromatic heterocycles. The highest BCUT2D eigenvalue weighted by Crippen LogP contribution is 2.38. The van der Waals surface area contributed by atoms with Gasteiger partial charge >= 0.3 is 0 Å². The number of hydrogen-bond donors (Lipinski definition) is 1. The molecule has 0 radical (unpaired) electrons. The summed E-state index contributed by atoms with van der Waals surface area (Å²) in [4.78, 5) is 28.4. The number of aryl methyl sites for hydroxylation is 1. The first-order valence-electron chi connectivity index (χ1n) is 11.0. The molecule has 2 aliphatic rings. The molecule has 34 heavy (non-hydrogen) atoms. The number of anilines is 1. The molecule has 0 atom stereocenters. The fraction of sp³-hybridized carbons (Fsp3) is 0.185. The number of imide groups is 1. The van der Waals surface area contributed by atoms with Crippen molar-refractivity contribution < 1.29 is 23.8 Å². The first-order valence-corrected chi connectivity index (χ1v) is 11.0. The summed E-state index contributed by atoms with van der Waals surface area (Å²) in [6, 6.07) is 20.3. The molecule has 0 bridgehead atoms. The van der Waals surface area contributed by atoms with Crippen molar-refractivity contribution in [2.24, 2.45) is 0 Å². The lowest BCUT2D eigenvalue weighted by molar-refractivity contribution is -0.137. The Morgan fingerprint density at radius 3 is 2.41 bits per heavy atom.